The first-order valence-corrected chi connectivity index (χ1v) is 8.32. The molecule has 0 saturated heterocycles. The van der Waals surface area contributed by atoms with E-state index in [1.165, 1.54) is 31.4 Å². The summed E-state index contributed by atoms with van der Waals surface area (Å²) in [6, 6.07) is 2.87. The van der Waals surface area contributed by atoms with E-state index in [0.717, 1.165) is 0 Å². The Bertz CT molecular complexity index is 695. The number of carbonyl (C=O) groups is 1. The third-order valence-corrected chi connectivity index (χ3v) is 4.09. The standard InChI is InChI=1S/C19H24O7/c1-11-5-3-7-14(20)18(23)15(21)8-4-6-12-9-13(25-2)10-16(22)17(12)19(24)26-11/h3-4,6-7,9-11,14-15,18,20-23H,5,8H2,1-2H3/b6-4-,7-3-/t11-,14+,15-,18+/m0/s1. The van der Waals surface area contributed by atoms with Gasteiger partial charge in [0.25, 0.3) is 0 Å². The van der Waals surface area contributed by atoms with Gasteiger partial charge in [-0.1, -0.05) is 24.3 Å². The Labute approximate surface area is 151 Å². The van der Waals surface area contributed by atoms with Crippen LogP contribution in [0.1, 0.15) is 35.7 Å². The number of fused-ring (bicyclic) bond motifs is 1. The molecule has 26 heavy (non-hydrogen) atoms. The summed E-state index contributed by atoms with van der Waals surface area (Å²) in [5.74, 6) is -0.615. The van der Waals surface area contributed by atoms with Crippen molar-refractivity contribution < 1.29 is 34.7 Å². The molecule has 2 rings (SSSR count). The molecule has 1 aromatic rings. The number of carbonyl (C=O) groups excluding carboxylic acids is 1. The topological polar surface area (TPSA) is 116 Å². The highest BCUT2D eigenvalue weighted by Gasteiger charge is 2.23. The van der Waals surface area contributed by atoms with Gasteiger partial charge in [0.1, 0.15) is 35.4 Å². The van der Waals surface area contributed by atoms with Gasteiger partial charge >= 0.3 is 5.97 Å². The van der Waals surface area contributed by atoms with Gasteiger partial charge in [0.05, 0.1) is 13.2 Å². The van der Waals surface area contributed by atoms with Gasteiger partial charge in [-0.15, -0.1) is 0 Å². The number of hydrogen-bond donors (Lipinski definition) is 4. The summed E-state index contributed by atoms with van der Waals surface area (Å²) in [5, 5.41) is 40.0. The van der Waals surface area contributed by atoms with Crippen molar-refractivity contribution in [2.75, 3.05) is 7.11 Å². The van der Waals surface area contributed by atoms with Crippen LogP contribution in [0.5, 0.6) is 11.5 Å². The van der Waals surface area contributed by atoms with Crippen molar-refractivity contribution in [1.82, 2.24) is 0 Å². The smallest absolute Gasteiger partial charge is 0.342 e. The fourth-order valence-electron chi connectivity index (χ4n) is 2.61. The Morgan fingerprint density at radius 3 is 2.58 bits per heavy atom. The number of cyclic esters (lactones) is 1. The van der Waals surface area contributed by atoms with E-state index >= 15 is 0 Å². The van der Waals surface area contributed by atoms with Gasteiger partial charge in [0.2, 0.25) is 0 Å². The molecule has 1 aliphatic heterocycles. The third kappa shape index (κ3) is 4.85. The zero-order valence-electron chi connectivity index (χ0n) is 14.7. The number of aliphatic hydroxyl groups excluding tert-OH is 3. The fraction of sp³-hybridized carbons (Fsp3) is 0.421. The summed E-state index contributed by atoms with van der Waals surface area (Å²) in [6.45, 7) is 1.67. The predicted molar refractivity (Wildman–Crippen MR) is 95.0 cm³/mol. The molecule has 0 bridgehead atoms. The fourth-order valence-corrected chi connectivity index (χ4v) is 2.61. The van der Waals surface area contributed by atoms with Crippen LogP contribution in [0.15, 0.2) is 30.4 Å². The summed E-state index contributed by atoms with van der Waals surface area (Å²) < 4.78 is 10.4. The molecule has 0 saturated carbocycles. The number of benzene rings is 1. The van der Waals surface area contributed by atoms with Crippen LogP contribution in [-0.2, 0) is 4.74 Å². The van der Waals surface area contributed by atoms with E-state index < -0.39 is 30.4 Å². The molecular formula is C19H24O7. The van der Waals surface area contributed by atoms with E-state index in [4.69, 9.17) is 9.47 Å². The summed E-state index contributed by atoms with van der Waals surface area (Å²) in [6.07, 6.45) is 2.00. The summed E-state index contributed by atoms with van der Waals surface area (Å²) in [5.41, 5.74) is 0.346. The van der Waals surface area contributed by atoms with E-state index in [1.807, 2.05) is 0 Å². The lowest BCUT2D eigenvalue weighted by Crippen LogP contribution is -2.35. The maximum atomic E-state index is 12.5. The Hall–Kier alpha value is -2.35. The normalized spacial score (nSPS) is 29.8. The van der Waals surface area contributed by atoms with Crippen LogP contribution in [0.3, 0.4) is 0 Å². The maximum absolute atomic E-state index is 12.5. The number of aliphatic hydroxyl groups is 3. The molecule has 0 aromatic heterocycles. The molecule has 0 aliphatic carbocycles. The number of hydrogen-bond acceptors (Lipinski definition) is 7. The second-order valence-electron chi connectivity index (χ2n) is 6.18. The molecule has 0 fully saturated rings. The van der Waals surface area contributed by atoms with Gasteiger partial charge in [-0.2, -0.15) is 0 Å². The lowest BCUT2D eigenvalue weighted by Gasteiger charge is -2.20. The van der Waals surface area contributed by atoms with E-state index in [0.29, 0.717) is 17.7 Å². The van der Waals surface area contributed by atoms with Crippen molar-refractivity contribution >= 4 is 12.0 Å². The van der Waals surface area contributed by atoms with Crippen LogP contribution in [0.2, 0.25) is 0 Å². The first-order valence-electron chi connectivity index (χ1n) is 8.32. The Morgan fingerprint density at radius 2 is 1.88 bits per heavy atom. The maximum Gasteiger partial charge on any atom is 0.342 e. The summed E-state index contributed by atoms with van der Waals surface area (Å²) >= 11 is 0. The predicted octanol–water partition coefficient (Wildman–Crippen LogP) is 1.39. The van der Waals surface area contributed by atoms with Gasteiger partial charge in [-0.05, 0) is 25.0 Å². The average molecular weight is 364 g/mol. The van der Waals surface area contributed by atoms with Crippen molar-refractivity contribution in [3.8, 4) is 11.5 Å². The number of esters is 1. The first kappa shape index (κ1) is 20.0. The SMILES string of the molecule is COc1cc(O)c2c(c1)/C=C\C[C@H](O)[C@H](O)[C@H](O)/C=C\C[C@H](C)OC2=O. The molecule has 1 aromatic carbocycles. The minimum atomic E-state index is -1.35. The Morgan fingerprint density at radius 1 is 1.15 bits per heavy atom. The Kier molecular flexibility index (Phi) is 6.79. The number of phenolic OH excluding ortho intramolecular Hbond substituents is 1. The molecule has 7 heteroatoms. The zero-order valence-corrected chi connectivity index (χ0v) is 14.7. The number of methoxy groups -OCH3 is 1. The minimum absolute atomic E-state index is 0.00925. The monoisotopic (exact) mass is 364 g/mol. The second-order valence-corrected chi connectivity index (χ2v) is 6.18. The largest absolute Gasteiger partial charge is 0.507 e. The second kappa shape index (κ2) is 8.84. The zero-order chi connectivity index (χ0) is 19.3. The van der Waals surface area contributed by atoms with Crippen LogP contribution < -0.4 is 4.74 Å². The van der Waals surface area contributed by atoms with Gasteiger partial charge in [0, 0.05) is 12.5 Å². The van der Waals surface area contributed by atoms with Gasteiger partial charge < -0.3 is 29.9 Å². The van der Waals surface area contributed by atoms with Crippen molar-refractivity contribution in [1.29, 1.82) is 0 Å². The summed E-state index contributed by atoms with van der Waals surface area (Å²) in [4.78, 5) is 12.5. The molecular weight excluding hydrogens is 340 g/mol. The highest BCUT2D eigenvalue weighted by atomic mass is 16.5. The number of rotatable bonds is 1. The minimum Gasteiger partial charge on any atom is -0.507 e. The molecule has 7 nitrogen and oxygen atoms in total. The first-order chi connectivity index (χ1) is 12.3. The van der Waals surface area contributed by atoms with Gasteiger partial charge in [0.15, 0.2) is 0 Å². The molecule has 0 unspecified atom stereocenters. The van der Waals surface area contributed by atoms with Crippen LogP contribution in [0.25, 0.3) is 6.08 Å². The van der Waals surface area contributed by atoms with Crippen LogP contribution >= 0.6 is 0 Å². The van der Waals surface area contributed by atoms with E-state index in [9.17, 15) is 25.2 Å². The van der Waals surface area contributed by atoms with Crippen molar-refractivity contribution in [2.24, 2.45) is 0 Å². The molecule has 0 amide bonds. The molecule has 1 aliphatic rings. The highest BCUT2D eigenvalue weighted by Crippen LogP contribution is 2.30. The number of phenols is 1. The molecule has 0 radical (unpaired) electrons. The molecule has 4 atom stereocenters. The number of aromatic hydroxyl groups is 1. The van der Waals surface area contributed by atoms with Crippen LogP contribution in [0, 0.1) is 0 Å². The van der Waals surface area contributed by atoms with Crippen LogP contribution in [-0.4, -0.2) is 57.9 Å². The molecule has 0 spiro atoms. The number of ether oxygens (including phenoxy) is 2. The molecule has 1 heterocycles. The van der Waals surface area contributed by atoms with Crippen molar-refractivity contribution in [2.45, 2.75) is 44.2 Å². The van der Waals surface area contributed by atoms with Crippen molar-refractivity contribution in [3.05, 3.63) is 41.5 Å². The quantitative estimate of drug-likeness (QED) is 0.439. The third-order valence-electron chi connectivity index (χ3n) is 4.09. The molecule has 4 N–H and O–H groups in total. The Balaban J connectivity index is 2.44. The van der Waals surface area contributed by atoms with E-state index in [2.05, 4.69) is 0 Å². The highest BCUT2D eigenvalue weighted by molar-refractivity contribution is 5.97. The van der Waals surface area contributed by atoms with Gasteiger partial charge in [-0.25, -0.2) is 4.79 Å². The summed E-state index contributed by atoms with van der Waals surface area (Å²) in [7, 11) is 1.43. The van der Waals surface area contributed by atoms with Crippen molar-refractivity contribution in [3.63, 3.8) is 0 Å². The average Bonchev–Trinajstić information content (AvgIpc) is 2.59. The van der Waals surface area contributed by atoms with Crippen LogP contribution in [0.4, 0.5) is 0 Å². The lowest BCUT2D eigenvalue weighted by atomic mass is 10.0. The molecule has 142 valence electrons. The van der Waals surface area contributed by atoms with E-state index in [-0.39, 0.29) is 17.7 Å². The van der Waals surface area contributed by atoms with E-state index in [1.54, 1.807) is 19.1 Å². The van der Waals surface area contributed by atoms with Gasteiger partial charge in [-0.3, -0.25) is 0 Å². The lowest BCUT2D eigenvalue weighted by molar-refractivity contribution is -0.0394.